The van der Waals surface area contributed by atoms with E-state index >= 15 is 0 Å². The van der Waals surface area contributed by atoms with Crippen LogP contribution in [0.5, 0.6) is 0 Å². The summed E-state index contributed by atoms with van der Waals surface area (Å²) < 4.78 is 0. The number of carbonyl (C=O) groups is 1. The van der Waals surface area contributed by atoms with Crippen molar-refractivity contribution >= 4 is 5.97 Å². The second-order valence-corrected chi connectivity index (χ2v) is 7.92. The highest BCUT2D eigenvalue weighted by Crippen LogP contribution is 2.46. The van der Waals surface area contributed by atoms with Gasteiger partial charge in [-0.3, -0.25) is 0 Å². The van der Waals surface area contributed by atoms with Crippen LogP contribution in [0, 0.1) is 17.3 Å². The number of aliphatic carboxylic acids is 1. The fraction of sp³-hybridized carbons (Fsp3) is 0.750. The van der Waals surface area contributed by atoms with E-state index in [9.17, 15) is 4.79 Å². The molecule has 2 nitrogen and oxygen atoms in total. The van der Waals surface area contributed by atoms with E-state index in [0.29, 0.717) is 5.41 Å². The largest absolute Gasteiger partial charge is 0.478 e. The Morgan fingerprint density at radius 2 is 1.91 bits per heavy atom. The molecule has 126 valence electrons. The standard InChI is InChI=1S/C20H34O2/c1-15(8-6-9-16(2)14-19(21)22)11-12-18-17(3)10-7-13-20(18,4)5/h8,14,17-18H,6-7,9-13H2,1-5H3,(H,21,22)/b15-8+,16-14+. The lowest BCUT2D eigenvalue weighted by molar-refractivity contribution is -0.131. The van der Waals surface area contributed by atoms with Crippen LogP contribution in [0.2, 0.25) is 0 Å². The summed E-state index contributed by atoms with van der Waals surface area (Å²) in [5.74, 6) is 0.835. The van der Waals surface area contributed by atoms with Crippen LogP contribution in [0.15, 0.2) is 23.3 Å². The predicted octanol–water partition coefficient (Wildman–Crippen LogP) is 5.99. The summed E-state index contributed by atoms with van der Waals surface area (Å²) in [5, 5.41) is 8.70. The monoisotopic (exact) mass is 306 g/mol. The first kappa shape index (κ1) is 19.0. The van der Waals surface area contributed by atoms with Gasteiger partial charge in [0.25, 0.3) is 0 Å². The van der Waals surface area contributed by atoms with Gasteiger partial charge in [-0.15, -0.1) is 0 Å². The Morgan fingerprint density at radius 3 is 2.50 bits per heavy atom. The maximum Gasteiger partial charge on any atom is 0.328 e. The molecule has 1 aliphatic carbocycles. The van der Waals surface area contributed by atoms with Crippen LogP contribution in [0.3, 0.4) is 0 Å². The molecule has 1 saturated carbocycles. The van der Waals surface area contributed by atoms with Gasteiger partial charge in [0.05, 0.1) is 0 Å². The molecule has 0 radical (unpaired) electrons. The number of rotatable bonds is 7. The van der Waals surface area contributed by atoms with Gasteiger partial charge >= 0.3 is 5.97 Å². The van der Waals surface area contributed by atoms with Crippen molar-refractivity contribution in [3.05, 3.63) is 23.3 Å². The molecule has 1 rings (SSSR count). The van der Waals surface area contributed by atoms with Gasteiger partial charge in [0.1, 0.15) is 0 Å². The molecular weight excluding hydrogens is 272 g/mol. The molecule has 1 fully saturated rings. The quantitative estimate of drug-likeness (QED) is 0.463. The minimum Gasteiger partial charge on any atom is -0.478 e. The molecule has 0 aromatic heterocycles. The van der Waals surface area contributed by atoms with Crippen molar-refractivity contribution in [2.24, 2.45) is 17.3 Å². The molecule has 0 saturated heterocycles. The van der Waals surface area contributed by atoms with E-state index < -0.39 is 5.97 Å². The molecule has 0 aromatic rings. The summed E-state index contributed by atoms with van der Waals surface area (Å²) >= 11 is 0. The lowest BCUT2D eigenvalue weighted by Gasteiger charge is -2.43. The Bertz CT molecular complexity index is 429. The third-order valence-corrected chi connectivity index (χ3v) is 5.42. The van der Waals surface area contributed by atoms with Crippen molar-refractivity contribution < 1.29 is 9.90 Å². The summed E-state index contributed by atoms with van der Waals surface area (Å²) in [6.45, 7) is 11.4. The third kappa shape index (κ3) is 6.37. The third-order valence-electron chi connectivity index (χ3n) is 5.42. The lowest BCUT2D eigenvalue weighted by Crippen LogP contribution is -2.33. The van der Waals surface area contributed by atoms with Crippen LogP contribution in [0.4, 0.5) is 0 Å². The maximum absolute atomic E-state index is 10.6. The van der Waals surface area contributed by atoms with Gasteiger partial charge in [0, 0.05) is 6.08 Å². The van der Waals surface area contributed by atoms with Crippen LogP contribution in [0.1, 0.15) is 79.6 Å². The normalized spacial score (nSPS) is 26.0. The van der Waals surface area contributed by atoms with Crippen molar-refractivity contribution in [1.82, 2.24) is 0 Å². The number of allylic oxidation sites excluding steroid dienone is 3. The SMILES string of the molecule is C/C(=C\C(=O)O)CC/C=C(\C)CCC1C(C)CCCC1(C)C. The van der Waals surface area contributed by atoms with Crippen LogP contribution in [-0.4, -0.2) is 11.1 Å². The highest BCUT2D eigenvalue weighted by Gasteiger charge is 2.36. The minimum absolute atomic E-state index is 0.485. The predicted molar refractivity (Wildman–Crippen MR) is 93.9 cm³/mol. The van der Waals surface area contributed by atoms with E-state index in [4.69, 9.17) is 5.11 Å². The first-order valence-corrected chi connectivity index (χ1v) is 8.78. The Morgan fingerprint density at radius 1 is 1.23 bits per heavy atom. The smallest absolute Gasteiger partial charge is 0.328 e. The fourth-order valence-electron chi connectivity index (χ4n) is 4.03. The van der Waals surface area contributed by atoms with Gasteiger partial charge in [-0.1, -0.05) is 50.8 Å². The van der Waals surface area contributed by atoms with E-state index in [1.165, 1.54) is 43.8 Å². The molecule has 0 heterocycles. The minimum atomic E-state index is -0.841. The summed E-state index contributed by atoms with van der Waals surface area (Å²) in [6.07, 6.45) is 12.0. The van der Waals surface area contributed by atoms with E-state index in [-0.39, 0.29) is 0 Å². The van der Waals surface area contributed by atoms with E-state index in [0.717, 1.165) is 30.3 Å². The summed E-state index contributed by atoms with van der Waals surface area (Å²) in [7, 11) is 0. The zero-order valence-corrected chi connectivity index (χ0v) is 15.1. The Balaban J connectivity index is 2.43. The Hall–Kier alpha value is -1.05. The summed E-state index contributed by atoms with van der Waals surface area (Å²) in [6, 6.07) is 0. The van der Waals surface area contributed by atoms with Crippen molar-refractivity contribution in [3.8, 4) is 0 Å². The maximum atomic E-state index is 10.6. The molecule has 1 aliphatic rings. The van der Waals surface area contributed by atoms with Crippen molar-refractivity contribution in [1.29, 1.82) is 0 Å². The molecule has 0 bridgehead atoms. The van der Waals surface area contributed by atoms with Crippen LogP contribution >= 0.6 is 0 Å². The second kappa shape index (κ2) is 8.55. The first-order chi connectivity index (χ1) is 10.2. The van der Waals surface area contributed by atoms with Crippen molar-refractivity contribution in [2.75, 3.05) is 0 Å². The average molecular weight is 306 g/mol. The van der Waals surface area contributed by atoms with Gasteiger partial charge in [-0.2, -0.15) is 0 Å². The first-order valence-electron chi connectivity index (χ1n) is 8.78. The van der Waals surface area contributed by atoms with Gasteiger partial charge in [-0.25, -0.2) is 4.79 Å². The summed E-state index contributed by atoms with van der Waals surface area (Å²) in [4.78, 5) is 10.6. The van der Waals surface area contributed by atoms with Crippen LogP contribution in [0.25, 0.3) is 0 Å². The fourth-order valence-corrected chi connectivity index (χ4v) is 4.03. The number of hydrogen-bond donors (Lipinski definition) is 1. The number of carboxylic acid groups (broad SMARTS) is 1. The Kier molecular flexibility index (Phi) is 7.38. The Labute approximate surface area is 136 Å². The zero-order valence-electron chi connectivity index (χ0n) is 15.1. The van der Waals surface area contributed by atoms with Gasteiger partial charge in [0.2, 0.25) is 0 Å². The molecule has 0 spiro atoms. The lowest BCUT2D eigenvalue weighted by atomic mass is 9.62. The highest BCUT2D eigenvalue weighted by atomic mass is 16.4. The average Bonchev–Trinajstić information content (AvgIpc) is 2.36. The number of carboxylic acids is 1. The van der Waals surface area contributed by atoms with E-state index in [2.05, 4.69) is 33.8 Å². The molecular formula is C20H34O2. The van der Waals surface area contributed by atoms with Crippen molar-refractivity contribution in [2.45, 2.75) is 79.6 Å². The van der Waals surface area contributed by atoms with Gasteiger partial charge in [0.15, 0.2) is 0 Å². The molecule has 22 heavy (non-hydrogen) atoms. The van der Waals surface area contributed by atoms with Crippen LogP contribution in [-0.2, 0) is 4.79 Å². The van der Waals surface area contributed by atoms with Crippen molar-refractivity contribution in [3.63, 3.8) is 0 Å². The van der Waals surface area contributed by atoms with E-state index in [1.807, 2.05) is 6.92 Å². The molecule has 2 atom stereocenters. The second-order valence-electron chi connectivity index (χ2n) is 7.92. The molecule has 0 amide bonds. The van der Waals surface area contributed by atoms with Gasteiger partial charge < -0.3 is 5.11 Å². The van der Waals surface area contributed by atoms with Gasteiger partial charge in [-0.05, 0) is 63.2 Å². The topological polar surface area (TPSA) is 37.3 Å². The highest BCUT2D eigenvalue weighted by molar-refractivity contribution is 5.80. The van der Waals surface area contributed by atoms with Crippen LogP contribution < -0.4 is 0 Å². The zero-order chi connectivity index (χ0) is 16.8. The molecule has 0 aromatic carbocycles. The van der Waals surface area contributed by atoms with E-state index in [1.54, 1.807) is 0 Å². The number of hydrogen-bond acceptors (Lipinski definition) is 1. The molecule has 2 heteroatoms. The molecule has 0 aliphatic heterocycles. The molecule has 1 N–H and O–H groups in total. The molecule has 2 unspecified atom stereocenters. The summed E-state index contributed by atoms with van der Waals surface area (Å²) in [5.41, 5.74) is 2.88.